The van der Waals surface area contributed by atoms with Crippen molar-refractivity contribution in [3.05, 3.63) is 40.9 Å². The van der Waals surface area contributed by atoms with Gasteiger partial charge in [0.2, 0.25) is 5.91 Å². The van der Waals surface area contributed by atoms with Gasteiger partial charge in [0.25, 0.3) is 0 Å². The Bertz CT molecular complexity index is 721. The van der Waals surface area contributed by atoms with E-state index in [4.69, 9.17) is 10.4 Å². The monoisotopic (exact) mass is 319 g/mol. The summed E-state index contributed by atoms with van der Waals surface area (Å²) < 4.78 is 0. The summed E-state index contributed by atoms with van der Waals surface area (Å²) in [6.07, 6.45) is 1.39. The highest BCUT2D eigenvalue weighted by Gasteiger charge is 2.10. The topological polar surface area (TPSA) is 103 Å². The van der Waals surface area contributed by atoms with Crippen LogP contribution >= 0.6 is 23.1 Å². The van der Waals surface area contributed by atoms with Gasteiger partial charge in [0, 0.05) is 6.20 Å². The Morgan fingerprint density at radius 2 is 2.29 bits per heavy atom. The van der Waals surface area contributed by atoms with E-state index in [0.29, 0.717) is 15.6 Å². The average molecular weight is 319 g/mol. The Hall–Kier alpha value is -2.37. The molecule has 0 bridgehead atoms. The molecule has 2 aromatic heterocycles. The Morgan fingerprint density at radius 3 is 3.00 bits per heavy atom. The summed E-state index contributed by atoms with van der Waals surface area (Å²) >= 11 is 2.40. The van der Waals surface area contributed by atoms with E-state index in [9.17, 15) is 9.59 Å². The van der Waals surface area contributed by atoms with Crippen LogP contribution in [0.3, 0.4) is 0 Å². The quantitative estimate of drug-likeness (QED) is 0.820. The number of carbonyl (C=O) groups is 2. The lowest BCUT2D eigenvalue weighted by Gasteiger charge is -2.03. The third-order valence-electron chi connectivity index (χ3n) is 2.37. The Kier molecular flexibility index (Phi) is 4.92. The van der Waals surface area contributed by atoms with Gasteiger partial charge in [0.05, 0.1) is 21.9 Å². The first-order valence-electron chi connectivity index (χ1n) is 5.69. The third-order valence-corrected chi connectivity index (χ3v) is 4.13. The lowest BCUT2D eigenvalue weighted by Crippen LogP contribution is -2.13. The molecule has 0 radical (unpaired) electrons. The lowest BCUT2D eigenvalue weighted by atomic mass is 10.3. The van der Waals surface area contributed by atoms with Gasteiger partial charge in [-0.3, -0.25) is 4.79 Å². The number of anilines is 1. The number of amides is 1. The van der Waals surface area contributed by atoms with E-state index in [-0.39, 0.29) is 17.2 Å². The standard InChI is InChI=1S/C13H9N3O3S2/c14-6-9-2-4-20-12(9)16-10(17)7-21-11-5-8(13(18)19)1-3-15-11/h1-5H,7H2,(H,16,17)(H,18,19). The zero-order valence-corrected chi connectivity index (χ0v) is 12.2. The molecule has 0 atom stereocenters. The number of nitrogens with zero attached hydrogens (tertiary/aromatic N) is 2. The molecule has 0 unspecified atom stereocenters. The summed E-state index contributed by atoms with van der Waals surface area (Å²) in [5.74, 6) is -1.24. The number of aromatic carboxylic acids is 1. The van der Waals surface area contributed by atoms with Crippen molar-refractivity contribution in [2.24, 2.45) is 0 Å². The fourth-order valence-corrected chi connectivity index (χ4v) is 2.87. The maximum Gasteiger partial charge on any atom is 0.335 e. The molecule has 2 N–H and O–H groups in total. The zero-order chi connectivity index (χ0) is 15.2. The first-order valence-corrected chi connectivity index (χ1v) is 7.56. The fourth-order valence-electron chi connectivity index (χ4n) is 1.42. The summed E-state index contributed by atoms with van der Waals surface area (Å²) in [5.41, 5.74) is 0.544. The number of carboxylic acids is 1. The molecule has 0 aliphatic heterocycles. The van der Waals surface area contributed by atoms with E-state index in [1.807, 2.05) is 6.07 Å². The minimum atomic E-state index is -1.04. The van der Waals surface area contributed by atoms with Gasteiger partial charge in [-0.15, -0.1) is 11.3 Å². The number of hydrogen-bond donors (Lipinski definition) is 2. The Labute approximate surface area is 128 Å². The number of nitriles is 1. The fraction of sp³-hybridized carbons (Fsp3) is 0.0769. The molecule has 6 nitrogen and oxygen atoms in total. The number of aromatic nitrogens is 1. The highest BCUT2D eigenvalue weighted by Crippen LogP contribution is 2.23. The van der Waals surface area contributed by atoms with Crippen LogP contribution in [-0.4, -0.2) is 27.7 Å². The second-order valence-electron chi connectivity index (χ2n) is 3.80. The smallest absolute Gasteiger partial charge is 0.335 e. The summed E-state index contributed by atoms with van der Waals surface area (Å²) in [4.78, 5) is 26.6. The maximum absolute atomic E-state index is 11.8. The van der Waals surface area contributed by atoms with Gasteiger partial charge in [-0.05, 0) is 23.6 Å². The maximum atomic E-state index is 11.8. The molecule has 2 aromatic rings. The Balaban J connectivity index is 1.94. The molecule has 2 heterocycles. The molecule has 2 rings (SSSR count). The molecule has 0 aliphatic rings. The van der Waals surface area contributed by atoms with Crippen LogP contribution in [0, 0.1) is 11.3 Å². The van der Waals surface area contributed by atoms with Gasteiger partial charge in [-0.1, -0.05) is 11.8 Å². The Morgan fingerprint density at radius 1 is 1.48 bits per heavy atom. The molecule has 1 amide bonds. The van der Waals surface area contributed by atoms with E-state index in [2.05, 4.69) is 10.3 Å². The minimum Gasteiger partial charge on any atom is -0.478 e. The predicted molar refractivity (Wildman–Crippen MR) is 79.6 cm³/mol. The number of hydrogen-bond acceptors (Lipinski definition) is 6. The van der Waals surface area contributed by atoms with Crippen molar-refractivity contribution in [2.75, 3.05) is 11.1 Å². The van der Waals surface area contributed by atoms with Crippen molar-refractivity contribution in [2.45, 2.75) is 5.03 Å². The first kappa shape index (κ1) is 15.0. The summed E-state index contributed by atoms with van der Waals surface area (Å²) in [6.45, 7) is 0. The number of carboxylic acid groups (broad SMARTS) is 1. The molecule has 0 aliphatic carbocycles. The second-order valence-corrected chi connectivity index (χ2v) is 5.71. The molecule has 0 spiro atoms. The number of pyridine rings is 1. The van der Waals surface area contributed by atoms with Gasteiger partial charge in [0.1, 0.15) is 11.1 Å². The lowest BCUT2D eigenvalue weighted by molar-refractivity contribution is -0.113. The summed E-state index contributed by atoms with van der Waals surface area (Å²) in [5, 5.41) is 23.0. The molecule has 106 valence electrons. The number of carbonyl (C=O) groups excluding carboxylic acids is 1. The van der Waals surface area contributed by atoms with Crippen LogP contribution in [0.1, 0.15) is 15.9 Å². The predicted octanol–water partition coefficient (Wildman–Crippen LogP) is 2.44. The van der Waals surface area contributed by atoms with Crippen molar-refractivity contribution in [1.82, 2.24) is 4.98 Å². The number of thiophene rings is 1. The molecule has 0 aromatic carbocycles. The van der Waals surface area contributed by atoms with Gasteiger partial charge < -0.3 is 10.4 Å². The average Bonchev–Trinajstić information content (AvgIpc) is 2.92. The van der Waals surface area contributed by atoms with Gasteiger partial charge in [-0.25, -0.2) is 9.78 Å². The van der Waals surface area contributed by atoms with Crippen LogP contribution in [-0.2, 0) is 4.79 Å². The number of nitrogens with one attached hydrogen (secondary N) is 1. The van der Waals surface area contributed by atoms with Crippen LogP contribution in [0.15, 0.2) is 34.8 Å². The van der Waals surface area contributed by atoms with E-state index in [1.165, 1.54) is 29.7 Å². The van der Waals surface area contributed by atoms with E-state index in [0.717, 1.165) is 11.8 Å². The van der Waals surface area contributed by atoms with Gasteiger partial charge in [-0.2, -0.15) is 5.26 Å². The zero-order valence-electron chi connectivity index (χ0n) is 10.6. The summed E-state index contributed by atoms with van der Waals surface area (Å²) in [6, 6.07) is 6.41. The van der Waals surface area contributed by atoms with Crippen molar-refractivity contribution in [3.8, 4) is 6.07 Å². The first-order chi connectivity index (χ1) is 10.1. The van der Waals surface area contributed by atoms with Gasteiger partial charge >= 0.3 is 5.97 Å². The van der Waals surface area contributed by atoms with Crippen LogP contribution in [0.2, 0.25) is 0 Å². The van der Waals surface area contributed by atoms with Crippen LogP contribution in [0.5, 0.6) is 0 Å². The molecular formula is C13H9N3O3S2. The van der Waals surface area contributed by atoms with Crippen LogP contribution < -0.4 is 5.32 Å². The van der Waals surface area contributed by atoms with Crippen LogP contribution in [0.25, 0.3) is 0 Å². The van der Waals surface area contributed by atoms with E-state index >= 15 is 0 Å². The SMILES string of the molecule is N#Cc1ccsc1NC(=O)CSc1cc(C(=O)O)ccn1. The van der Waals surface area contributed by atoms with Crippen molar-refractivity contribution < 1.29 is 14.7 Å². The highest BCUT2D eigenvalue weighted by atomic mass is 32.2. The normalized spacial score (nSPS) is 9.86. The van der Waals surface area contributed by atoms with Crippen molar-refractivity contribution >= 4 is 40.0 Å². The van der Waals surface area contributed by atoms with E-state index < -0.39 is 5.97 Å². The highest BCUT2D eigenvalue weighted by molar-refractivity contribution is 7.99. The third kappa shape index (κ3) is 4.05. The molecule has 0 fully saturated rings. The van der Waals surface area contributed by atoms with Gasteiger partial charge in [0.15, 0.2) is 0 Å². The molecule has 21 heavy (non-hydrogen) atoms. The van der Waals surface area contributed by atoms with Crippen molar-refractivity contribution in [1.29, 1.82) is 5.26 Å². The molecule has 0 saturated carbocycles. The molecule has 0 saturated heterocycles. The van der Waals surface area contributed by atoms with Crippen LogP contribution in [0.4, 0.5) is 5.00 Å². The number of rotatable bonds is 5. The second kappa shape index (κ2) is 6.88. The number of thioether (sulfide) groups is 1. The largest absolute Gasteiger partial charge is 0.478 e. The van der Waals surface area contributed by atoms with E-state index in [1.54, 1.807) is 11.4 Å². The summed E-state index contributed by atoms with van der Waals surface area (Å²) in [7, 11) is 0. The molecule has 8 heteroatoms. The minimum absolute atomic E-state index is 0.0822. The molecular weight excluding hydrogens is 310 g/mol. The van der Waals surface area contributed by atoms with Crippen molar-refractivity contribution in [3.63, 3.8) is 0 Å².